The van der Waals surface area contributed by atoms with Crippen LogP contribution >= 0.6 is 0 Å². The molecule has 0 aliphatic heterocycles. The first-order valence-electron chi connectivity index (χ1n) is 10.0. The Balaban J connectivity index is 1.45. The Morgan fingerprint density at radius 1 is 1.00 bits per heavy atom. The normalized spacial score (nSPS) is 12.3. The van der Waals surface area contributed by atoms with Gasteiger partial charge in [-0.05, 0) is 35.4 Å². The maximum atomic E-state index is 9.70. The summed E-state index contributed by atoms with van der Waals surface area (Å²) in [5, 5.41) is 16.3. The summed E-state index contributed by atoms with van der Waals surface area (Å²) < 4.78 is 5.77. The van der Waals surface area contributed by atoms with Crippen LogP contribution in [0.5, 0.6) is 5.75 Å². The summed E-state index contributed by atoms with van der Waals surface area (Å²) in [5.74, 6) is 1.51. The van der Waals surface area contributed by atoms with Crippen LogP contribution in [0.2, 0.25) is 0 Å². The maximum absolute atomic E-state index is 9.70. The van der Waals surface area contributed by atoms with Crippen molar-refractivity contribution in [3.05, 3.63) is 95.8 Å². The number of rotatable bonds is 9. The highest BCUT2D eigenvalue weighted by molar-refractivity contribution is 5.79. The van der Waals surface area contributed by atoms with Gasteiger partial charge in [0, 0.05) is 32.3 Å². The molecule has 0 bridgehead atoms. The summed E-state index contributed by atoms with van der Waals surface area (Å²) in [4.78, 5) is 8.52. The van der Waals surface area contributed by atoms with Gasteiger partial charge in [-0.2, -0.15) is 0 Å². The van der Waals surface area contributed by atoms with Crippen molar-refractivity contribution >= 4 is 5.96 Å². The van der Waals surface area contributed by atoms with Crippen LogP contribution in [0.4, 0.5) is 0 Å². The minimum Gasteiger partial charge on any atom is -0.487 e. The molecule has 0 radical (unpaired) electrons. The van der Waals surface area contributed by atoms with Gasteiger partial charge >= 0.3 is 0 Å². The average molecular weight is 405 g/mol. The van der Waals surface area contributed by atoms with E-state index in [-0.39, 0.29) is 12.5 Å². The van der Waals surface area contributed by atoms with Gasteiger partial charge in [-0.25, -0.2) is 0 Å². The monoisotopic (exact) mass is 404 g/mol. The van der Waals surface area contributed by atoms with E-state index in [1.165, 1.54) is 0 Å². The number of hydrogen-bond acceptors (Lipinski definition) is 4. The third-order valence-electron chi connectivity index (χ3n) is 4.73. The molecule has 0 aliphatic rings. The number of aliphatic imine (C=N–C) groups is 1. The smallest absolute Gasteiger partial charge is 0.191 e. The zero-order chi connectivity index (χ0) is 21.0. The van der Waals surface area contributed by atoms with E-state index >= 15 is 0 Å². The first kappa shape index (κ1) is 21.3. The second-order valence-electron chi connectivity index (χ2n) is 6.85. The Morgan fingerprint density at radius 2 is 1.77 bits per heavy atom. The molecule has 6 heteroatoms. The van der Waals surface area contributed by atoms with E-state index in [9.17, 15) is 5.11 Å². The molecule has 30 heavy (non-hydrogen) atoms. The van der Waals surface area contributed by atoms with Gasteiger partial charge in [0.1, 0.15) is 12.4 Å². The largest absolute Gasteiger partial charge is 0.487 e. The summed E-state index contributed by atoms with van der Waals surface area (Å²) in [5.41, 5.74) is 3.11. The third-order valence-corrected chi connectivity index (χ3v) is 4.73. The van der Waals surface area contributed by atoms with Crippen molar-refractivity contribution in [1.82, 2.24) is 15.6 Å². The van der Waals surface area contributed by atoms with E-state index in [2.05, 4.69) is 20.6 Å². The van der Waals surface area contributed by atoms with Crippen LogP contribution in [-0.2, 0) is 13.2 Å². The van der Waals surface area contributed by atoms with Crippen molar-refractivity contribution in [2.45, 2.75) is 19.1 Å². The number of aliphatic hydroxyl groups excluding tert-OH is 1. The van der Waals surface area contributed by atoms with Crippen LogP contribution in [-0.4, -0.2) is 36.2 Å². The third kappa shape index (κ3) is 6.60. The lowest BCUT2D eigenvalue weighted by molar-refractivity contribution is 0.265. The molecule has 1 atom stereocenters. The fourth-order valence-corrected chi connectivity index (χ4v) is 2.98. The minimum absolute atomic E-state index is 0.0142. The summed E-state index contributed by atoms with van der Waals surface area (Å²) in [7, 11) is 1.74. The second-order valence-corrected chi connectivity index (χ2v) is 6.85. The molecule has 0 amide bonds. The van der Waals surface area contributed by atoms with Gasteiger partial charge in [-0.1, -0.05) is 48.5 Å². The molecule has 3 aromatic rings. The molecule has 6 nitrogen and oxygen atoms in total. The molecular weight excluding hydrogens is 376 g/mol. The molecule has 1 heterocycles. The van der Waals surface area contributed by atoms with Gasteiger partial charge in [0.2, 0.25) is 0 Å². The molecular formula is C24H28N4O2. The molecule has 0 saturated heterocycles. The molecule has 0 spiro atoms. The van der Waals surface area contributed by atoms with Gasteiger partial charge < -0.3 is 20.5 Å². The minimum atomic E-state index is 0.0142. The van der Waals surface area contributed by atoms with E-state index < -0.39 is 0 Å². The predicted octanol–water partition coefficient (Wildman–Crippen LogP) is 3.10. The van der Waals surface area contributed by atoms with Crippen molar-refractivity contribution in [2.24, 2.45) is 4.99 Å². The van der Waals surface area contributed by atoms with Gasteiger partial charge in [0.05, 0.1) is 12.3 Å². The Bertz CT molecular complexity index is 900. The van der Waals surface area contributed by atoms with E-state index in [0.717, 1.165) is 22.6 Å². The van der Waals surface area contributed by atoms with Crippen LogP contribution in [0.3, 0.4) is 0 Å². The number of benzene rings is 2. The highest BCUT2D eigenvalue weighted by Gasteiger charge is 2.10. The van der Waals surface area contributed by atoms with Crippen molar-refractivity contribution in [3.63, 3.8) is 0 Å². The van der Waals surface area contributed by atoms with Gasteiger partial charge in [-0.3, -0.25) is 9.98 Å². The Labute approximate surface area is 177 Å². The van der Waals surface area contributed by atoms with E-state index in [1.54, 1.807) is 13.2 Å². The number of nitrogens with zero attached hydrogens (tertiary/aromatic N) is 2. The van der Waals surface area contributed by atoms with Crippen LogP contribution in [0.15, 0.2) is 84.0 Å². The van der Waals surface area contributed by atoms with E-state index in [4.69, 9.17) is 4.74 Å². The van der Waals surface area contributed by atoms with Crippen molar-refractivity contribution < 1.29 is 9.84 Å². The van der Waals surface area contributed by atoms with Crippen molar-refractivity contribution in [1.29, 1.82) is 0 Å². The molecule has 156 valence electrons. The highest BCUT2D eigenvalue weighted by atomic mass is 16.5. The lowest BCUT2D eigenvalue weighted by Gasteiger charge is -2.18. The molecule has 1 aromatic heterocycles. The SMILES string of the molecule is CN=C(NCc1ccc(OCc2ccccn2)cc1)NCC(CO)c1ccccc1. The van der Waals surface area contributed by atoms with Gasteiger partial charge in [-0.15, -0.1) is 0 Å². The number of nitrogens with one attached hydrogen (secondary N) is 2. The standard InChI is InChI=1S/C24H28N4O2/c1-25-24(28-16-21(17-29)20-7-3-2-4-8-20)27-15-19-10-12-23(13-11-19)30-18-22-9-5-6-14-26-22/h2-14,21,29H,15-18H2,1H3,(H2,25,27,28). The highest BCUT2D eigenvalue weighted by Crippen LogP contribution is 2.14. The molecule has 3 N–H and O–H groups in total. The van der Waals surface area contributed by atoms with Gasteiger partial charge in [0.15, 0.2) is 5.96 Å². The quantitative estimate of drug-likeness (QED) is 0.377. The fourth-order valence-electron chi connectivity index (χ4n) is 2.98. The molecule has 0 fully saturated rings. The first-order valence-corrected chi connectivity index (χ1v) is 10.0. The Hall–Kier alpha value is -3.38. The van der Waals surface area contributed by atoms with Crippen molar-refractivity contribution in [3.8, 4) is 5.75 Å². The second kappa shape index (κ2) is 11.6. The van der Waals surface area contributed by atoms with E-state index in [0.29, 0.717) is 25.7 Å². The Kier molecular flexibility index (Phi) is 8.23. The summed E-state index contributed by atoms with van der Waals surface area (Å²) in [6, 6.07) is 23.7. The van der Waals surface area contributed by atoms with Crippen LogP contribution in [0.1, 0.15) is 22.7 Å². The first-order chi connectivity index (χ1) is 14.8. The number of ether oxygens (including phenoxy) is 1. The summed E-state index contributed by atoms with van der Waals surface area (Å²) in [6.45, 7) is 1.76. The lowest BCUT2D eigenvalue weighted by atomic mass is 10.0. The molecule has 3 rings (SSSR count). The van der Waals surface area contributed by atoms with Crippen LogP contribution < -0.4 is 15.4 Å². The molecule has 2 aromatic carbocycles. The van der Waals surface area contributed by atoms with Crippen LogP contribution in [0, 0.1) is 0 Å². The average Bonchev–Trinajstić information content (AvgIpc) is 2.82. The number of guanidine groups is 1. The number of pyridine rings is 1. The zero-order valence-corrected chi connectivity index (χ0v) is 17.2. The molecule has 0 aliphatic carbocycles. The Morgan fingerprint density at radius 3 is 2.43 bits per heavy atom. The number of aliphatic hydroxyl groups is 1. The van der Waals surface area contributed by atoms with Gasteiger partial charge in [0.25, 0.3) is 0 Å². The summed E-state index contributed by atoms with van der Waals surface area (Å²) >= 11 is 0. The maximum Gasteiger partial charge on any atom is 0.191 e. The predicted molar refractivity (Wildman–Crippen MR) is 119 cm³/mol. The molecule has 0 saturated carbocycles. The zero-order valence-electron chi connectivity index (χ0n) is 17.2. The number of hydrogen-bond donors (Lipinski definition) is 3. The number of aromatic nitrogens is 1. The van der Waals surface area contributed by atoms with E-state index in [1.807, 2.05) is 72.8 Å². The summed E-state index contributed by atoms with van der Waals surface area (Å²) in [6.07, 6.45) is 1.76. The molecule has 1 unspecified atom stereocenters. The fraction of sp³-hybridized carbons (Fsp3) is 0.250. The van der Waals surface area contributed by atoms with Crippen LogP contribution in [0.25, 0.3) is 0 Å². The topological polar surface area (TPSA) is 78.8 Å². The lowest BCUT2D eigenvalue weighted by Crippen LogP contribution is -2.39. The van der Waals surface area contributed by atoms with Crippen molar-refractivity contribution in [2.75, 3.05) is 20.2 Å².